The van der Waals surface area contributed by atoms with Crippen molar-refractivity contribution in [3.05, 3.63) is 109 Å². The van der Waals surface area contributed by atoms with E-state index in [1.807, 2.05) is 6.07 Å². The van der Waals surface area contributed by atoms with E-state index in [1.54, 1.807) is 0 Å². The lowest BCUT2D eigenvalue weighted by molar-refractivity contribution is 1.21. The van der Waals surface area contributed by atoms with Crippen LogP contribution in [0.2, 0.25) is 0 Å². The van der Waals surface area contributed by atoms with Crippen LogP contribution in [0.15, 0.2) is 103 Å². The van der Waals surface area contributed by atoms with E-state index in [1.165, 1.54) is 39.2 Å². The third kappa shape index (κ3) is 3.78. The second-order valence-electron chi connectivity index (χ2n) is 6.88. The fraction of sp³-hybridized carbons (Fsp3) is 0.0769. The fourth-order valence-electron chi connectivity index (χ4n) is 3.28. The molecule has 4 aromatic carbocycles. The van der Waals surface area contributed by atoms with Crippen LogP contribution < -0.4 is 4.90 Å². The Bertz CT molecular complexity index is 999. The maximum absolute atomic E-state index is 2.22. The van der Waals surface area contributed by atoms with Crippen LogP contribution in [-0.4, -0.2) is 7.05 Å². The molecule has 0 aliphatic heterocycles. The summed E-state index contributed by atoms with van der Waals surface area (Å²) >= 11 is 0. The Hall–Kier alpha value is -3.32. The second-order valence-corrected chi connectivity index (χ2v) is 6.88. The van der Waals surface area contributed by atoms with Gasteiger partial charge < -0.3 is 4.90 Å². The fourth-order valence-corrected chi connectivity index (χ4v) is 3.28. The summed E-state index contributed by atoms with van der Waals surface area (Å²) in [5.41, 5.74) is 8.62. The zero-order valence-electron chi connectivity index (χ0n) is 15.8. The van der Waals surface area contributed by atoms with Gasteiger partial charge in [-0.3, -0.25) is 0 Å². The number of hydrogen-bond acceptors (Lipinski definition) is 1. The minimum atomic E-state index is 1.18. The number of nitrogens with zero attached hydrogens (tertiary/aromatic N) is 1. The van der Waals surface area contributed by atoms with Crippen molar-refractivity contribution in [2.24, 2.45) is 0 Å². The summed E-state index contributed by atoms with van der Waals surface area (Å²) in [6.45, 7) is 2.12. The van der Waals surface area contributed by atoms with Crippen LogP contribution in [-0.2, 0) is 0 Å². The largest absolute Gasteiger partial charge is 0.345 e. The highest BCUT2D eigenvalue weighted by atomic mass is 15.1. The average molecular weight is 349 g/mol. The number of anilines is 2. The maximum atomic E-state index is 2.22. The van der Waals surface area contributed by atoms with Gasteiger partial charge in [0, 0.05) is 18.4 Å². The van der Waals surface area contributed by atoms with Crippen molar-refractivity contribution in [2.45, 2.75) is 6.92 Å². The molecule has 0 radical (unpaired) electrons. The number of aryl methyl sites for hydroxylation is 1. The maximum Gasteiger partial charge on any atom is 0.0408 e. The van der Waals surface area contributed by atoms with Crippen LogP contribution in [0.4, 0.5) is 11.4 Å². The summed E-state index contributed by atoms with van der Waals surface area (Å²) < 4.78 is 0. The quantitative estimate of drug-likeness (QED) is 0.380. The smallest absolute Gasteiger partial charge is 0.0408 e. The predicted octanol–water partition coefficient (Wildman–Crippen LogP) is 7.10. The van der Waals surface area contributed by atoms with E-state index in [0.29, 0.717) is 0 Å². The lowest BCUT2D eigenvalue weighted by atomic mass is 10.0. The Kier molecular flexibility index (Phi) is 4.76. The molecule has 1 heteroatoms. The van der Waals surface area contributed by atoms with Gasteiger partial charge in [-0.2, -0.15) is 0 Å². The van der Waals surface area contributed by atoms with E-state index in [0.717, 1.165) is 0 Å². The molecular weight excluding hydrogens is 326 g/mol. The van der Waals surface area contributed by atoms with Crippen molar-refractivity contribution in [1.82, 2.24) is 0 Å². The van der Waals surface area contributed by atoms with Gasteiger partial charge in [-0.05, 0) is 53.4 Å². The summed E-state index contributed by atoms with van der Waals surface area (Å²) in [5, 5.41) is 0. The molecular formula is C26H23N. The van der Waals surface area contributed by atoms with Crippen LogP contribution in [0, 0.1) is 6.92 Å². The van der Waals surface area contributed by atoms with Gasteiger partial charge in [0.1, 0.15) is 0 Å². The van der Waals surface area contributed by atoms with E-state index in [2.05, 4.69) is 116 Å². The summed E-state index contributed by atoms with van der Waals surface area (Å²) in [6.07, 6.45) is 0. The van der Waals surface area contributed by atoms with E-state index in [9.17, 15) is 0 Å². The zero-order chi connectivity index (χ0) is 18.6. The van der Waals surface area contributed by atoms with Crippen LogP contribution in [0.1, 0.15) is 5.56 Å². The summed E-state index contributed by atoms with van der Waals surface area (Å²) in [5.74, 6) is 0. The van der Waals surface area contributed by atoms with Gasteiger partial charge in [-0.1, -0.05) is 84.4 Å². The molecule has 27 heavy (non-hydrogen) atoms. The molecule has 0 atom stereocenters. The van der Waals surface area contributed by atoms with Crippen molar-refractivity contribution in [2.75, 3.05) is 11.9 Å². The van der Waals surface area contributed by atoms with E-state index in [4.69, 9.17) is 0 Å². The average Bonchev–Trinajstić information content (AvgIpc) is 2.75. The number of benzene rings is 4. The topological polar surface area (TPSA) is 3.24 Å². The molecule has 0 aromatic heterocycles. The summed E-state index contributed by atoms with van der Waals surface area (Å²) in [4.78, 5) is 2.22. The number of rotatable bonds is 4. The van der Waals surface area contributed by atoms with Crippen molar-refractivity contribution >= 4 is 11.4 Å². The molecule has 0 aliphatic rings. The Balaban J connectivity index is 1.54. The normalized spacial score (nSPS) is 10.6. The van der Waals surface area contributed by atoms with Crippen molar-refractivity contribution in [3.8, 4) is 22.3 Å². The van der Waals surface area contributed by atoms with E-state index < -0.39 is 0 Å². The number of hydrogen-bond donors (Lipinski definition) is 0. The van der Waals surface area contributed by atoms with Crippen LogP contribution in [0.5, 0.6) is 0 Å². The molecule has 0 fully saturated rings. The highest BCUT2D eigenvalue weighted by molar-refractivity contribution is 5.72. The molecule has 0 bridgehead atoms. The van der Waals surface area contributed by atoms with Crippen molar-refractivity contribution < 1.29 is 0 Å². The predicted molar refractivity (Wildman–Crippen MR) is 117 cm³/mol. The SMILES string of the molecule is Cc1ccc(-c2ccc(N(C)c3ccc(-c4ccccc4)cc3)cc2)cc1. The minimum absolute atomic E-state index is 1.18. The van der Waals surface area contributed by atoms with Gasteiger partial charge in [-0.25, -0.2) is 0 Å². The lowest BCUT2D eigenvalue weighted by Crippen LogP contribution is -2.08. The Labute approximate surface area is 161 Å². The first kappa shape index (κ1) is 17.1. The molecule has 0 saturated carbocycles. The van der Waals surface area contributed by atoms with E-state index >= 15 is 0 Å². The molecule has 0 aliphatic carbocycles. The standard InChI is InChI=1S/C26H23N/c1-20-8-10-22(11-9-20)24-14-18-26(19-15-24)27(2)25-16-12-23(13-17-25)21-6-4-3-5-7-21/h3-19H,1-2H3. The van der Waals surface area contributed by atoms with Gasteiger partial charge in [0.2, 0.25) is 0 Å². The first-order chi connectivity index (χ1) is 13.2. The molecule has 0 spiro atoms. The van der Waals surface area contributed by atoms with Crippen LogP contribution in [0.3, 0.4) is 0 Å². The van der Waals surface area contributed by atoms with E-state index in [-0.39, 0.29) is 0 Å². The van der Waals surface area contributed by atoms with Gasteiger partial charge in [0.05, 0.1) is 0 Å². The Morgan fingerprint density at radius 2 is 0.815 bits per heavy atom. The van der Waals surface area contributed by atoms with Gasteiger partial charge in [0.25, 0.3) is 0 Å². The molecule has 0 unspecified atom stereocenters. The van der Waals surface area contributed by atoms with Crippen LogP contribution in [0.25, 0.3) is 22.3 Å². The van der Waals surface area contributed by atoms with Crippen molar-refractivity contribution in [3.63, 3.8) is 0 Å². The first-order valence-electron chi connectivity index (χ1n) is 9.27. The molecule has 1 nitrogen and oxygen atoms in total. The molecule has 132 valence electrons. The molecule has 0 heterocycles. The van der Waals surface area contributed by atoms with Gasteiger partial charge in [-0.15, -0.1) is 0 Å². The lowest BCUT2D eigenvalue weighted by Gasteiger charge is -2.20. The monoisotopic (exact) mass is 349 g/mol. The Morgan fingerprint density at radius 1 is 0.444 bits per heavy atom. The highest BCUT2D eigenvalue weighted by Crippen LogP contribution is 2.29. The third-order valence-electron chi connectivity index (χ3n) is 5.00. The highest BCUT2D eigenvalue weighted by Gasteiger charge is 2.06. The first-order valence-corrected chi connectivity index (χ1v) is 9.27. The van der Waals surface area contributed by atoms with Gasteiger partial charge in [0.15, 0.2) is 0 Å². The van der Waals surface area contributed by atoms with Gasteiger partial charge >= 0.3 is 0 Å². The molecule has 0 saturated heterocycles. The molecule has 0 N–H and O–H groups in total. The zero-order valence-corrected chi connectivity index (χ0v) is 15.8. The molecule has 0 amide bonds. The minimum Gasteiger partial charge on any atom is -0.345 e. The molecule has 4 rings (SSSR count). The Morgan fingerprint density at radius 3 is 1.26 bits per heavy atom. The second kappa shape index (κ2) is 7.51. The molecule has 4 aromatic rings. The van der Waals surface area contributed by atoms with Crippen molar-refractivity contribution in [1.29, 1.82) is 0 Å². The third-order valence-corrected chi connectivity index (χ3v) is 5.00. The summed E-state index contributed by atoms with van der Waals surface area (Å²) in [6, 6.07) is 36.6. The van der Waals surface area contributed by atoms with Crippen LogP contribution >= 0.6 is 0 Å². The summed E-state index contributed by atoms with van der Waals surface area (Å²) in [7, 11) is 2.11.